The zero-order chi connectivity index (χ0) is 25.7. The third-order valence-electron chi connectivity index (χ3n) is 5.01. The van der Waals surface area contributed by atoms with Gasteiger partial charge in [-0.1, -0.05) is 72.0 Å². The molecule has 0 fully saturated rings. The predicted octanol–water partition coefficient (Wildman–Crippen LogP) is 6.77. The van der Waals surface area contributed by atoms with E-state index in [9.17, 15) is 9.59 Å². The van der Waals surface area contributed by atoms with Crippen LogP contribution in [0.25, 0.3) is 0 Å². The van der Waals surface area contributed by atoms with Crippen molar-refractivity contribution in [1.82, 2.24) is 20.1 Å². The van der Waals surface area contributed by atoms with Gasteiger partial charge < -0.3 is 15.2 Å². The van der Waals surface area contributed by atoms with Crippen LogP contribution in [-0.4, -0.2) is 32.3 Å². The molecule has 0 spiro atoms. The van der Waals surface area contributed by atoms with Gasteiger partial charge in [0.2, 0.25) is 5.91 Å². The minimum Gasteiger partial charge on any atom is -0.342 e. The van der Waals surface area contributed by atoms with Gasteiger partial charge >= 0.3 is 0 Å². The second-order valence-corrected chi connectivity index (χ2v) is 10.5. The molecule has 2 N–H and O–H groups in total. The molecule has 1 heterocycles. The summed E-state index contributed by atoms with van der Waals surface area (Å²) in [6, 6.07) is 9.13. The molecule has 0 bridgehead atoms. The van der Waals surface area contributed by atoms with Gasteiger partial charge in [-0.2, -0.15) is 0 Å². The minimum absolute atomic E-state index is 0.0161. The number of hydrogen-bond acceptors (Lipinski definition) is 5. The minimum atomic E-state index is -0.419. The highest BCUT2D eigenvalue weighted by Crippen LogP contribution is 2.28. The van der Waals surface area contributed by atoms with Crippen molar-refractivity contribution in [3.63, 3.8) is 0 Å². The van der Waals surface area contributed by atoms with Crippen molar-refractivity contribution in [2.24, 2.45) is 5.92 Å². The lowest BCUT2D eigenvalue weighted by Crippen LogP contribution is -2.33. The van der Waals surface area contributed by atoms with Crippen LogP contribution in [0.5, 0.6) is 0 Å². The summed E-state index contributed by atoms with van der Waals surface area (Å²) < 4.78 is 1.88. The summed E-state index contributed by atoms with van der Waals surface area (Å²) in [5.41, 5.74) is 0.825. The van der Waals surface area contributed by atoms with Crippen LogP contribution in [0, 0.1) is 5.92 Å². The lowest BCUT2D eigenvalue weighted by Gasteiger charge is -2.22. The summed E-state index contributed by atoms with van der Waals surface area (Å²) in [7, 11) is 0. The van der Waals surface area contributed by atoms with Crippen molar-refractivity contribution in [3.05, 3.63) is 67.9 Å². The largest absolute Gasteiger partial charge is 0.342 e. The topological polar surface area (TPSA) is 88.9 Å². The fraction of sp³-hybridized carbons (Fsp3) is 0.304. The molecular weight excluding hydrogens is 552 g/mol. The first kappa shape index (κ1) is 27.6. The standard InChI is InChI=1S/C23H23Cl4N5O2S/c1-4-32-21(20(12(2)3)29-22(34)13-5-7-15(25)17(27)9-13)30-31-23(32)35-11-19(33)28-18-10-14(24)6-8-16(18)26/h5-10,12,20H,4,11H2,1-3H3,(H,28,33)(H,29,34)/t20-/m1/s1. The number of aromatic nitrogens is 3. The molecule has 7 nitrogen and oxygen atoms in total. The van der Waals surface area contributed by atoms with Gasteiger partial charge in [-0.25, -0.2) is 0 Å². The van der Waals surface area contributed by atoms with E-state index in [2.05, 4.69) is 20.8 Å². The Bertz CT molecular complexity index is 1230. The SMILES string of the molecule is CCn1c(SCC(=O)Nc2cc(Cl)ccc2Cl)nnc1[C@H](NC(=O)c1ccc(Cl)c(Cl)c1)C(C)C. The maximum absolute atomic E-state index is 12.9. The van der Waals surface area contributed by atoms with Crippen molar-refractivity contribution < 1.29 is 9.59 Å². The van der Waals surface area contributed by atoms with E-state index in [0.29, 0.717) is 48.9 Å². The molecule has 1 atom stereocenters. The molecule has 0 saturated carbocycles. The fourth-order valence-electron chi connectivity index (χ4n) is 3.24. The van der Waals surface area contributed by atoms with E-state index in [1.807, 2.05) is 25.3 Å². The Balaban J connectivity index is 1.73. The quantitative estimate of drug-likeness (QED) is 0.275. The summed E-state index contributed by atoms with van der Waals surface area (Å²) in [6.07, 6.45) is 0. The van der Waals surface area contributed by atoms with E-state index in [-0.39, 0.29) is 23.5 Å². The van der Waals surface area contributed by atoms with E-state index in [0.717, 1.165) is 0 Å². The normalized spacial score (nSPS) is 12.0. The van der Waals surface area contributed by atoms with Gasteiger partial charge in [-0.15, -0.1) is 10.2 Å². The summed E-state index contributed by atoms with van der Waals surface area (Å²) in [5.74, 6) is 0.127. The molecule has 1 aromatic heterocycles. The number of rotatable bonds is 9. The van der Waals surface area contributed by atoms with E-state index >= 15 is 0 Å². The molecule has 186 valence electrons. The molecule has 3 rings (SSSR count). The number of nitrogens with one attached hydrogen (secondary N) is 2. The first-order valence-corrected chi connectivity index (χ1v) is 13.2. The number of halogens is 4. The maximum atomic E-state index is 12.9. The molecule has 2 amide bonds. The lowest BCUT2D eigenvalue weighted by molar-refractivity contribution is -0.113. The Morgan fingerprint density at radius 2 is 1.71 bits per heavy atom. The van der Waals surface area contributed by atoms with E-state index in [1.54, 1.807) is 30.3 Å². The third kappa shape index (κ3) is 7.05. The molecule has 12 heteroatoms. The highest BCUT2D eigenvalue weighted by Gasteiger charge is 2.26. The Morgan fingerprint density at radius 1 is 1.00 bits per heavy atom. The van der Waals surface area contributed by atoms with Crippen LogP contribution < -0.4 is 10.6 Å². The van der Waals surface area contributed by atoms with Gasteiger partial charge in [0.15, 0.2) is 11.0 Å². The van der Waals surface area contributed by atoms with E-state index in [1.165, 1.54) is 17.8 Å². The molecule has 35 heavy (non-hydrogen) atoms. The van der Waals surface area contributed by atoms with Gasteiger partial charge in [-0.3, -0.25) is 9.59 Å². The maximum Gasteiger partial charge on any atom is 0.251 e. The molecule has 3 aromatic rings. The lowest BCUT2D eigenvalue weighted by atomic mass is 10.0. The number of anilines is 1. The molecule has 0 aliphatic rings. The highest BCUT2D eigenvalue weighted by atomic mass is 35.5. The molecule has 0 aliphatic heterocycles. The second-order valence-electron chi connectivity index (χ2n) is 7.87. The number of hydrogen-bond donors (Lipinski definition) is 2. The van der Waals surface area contributed by atoms with Crippen LogP contribution in [0.1, 0.15) is 43.0 Å². The van der Waals surface area contributed by atoms with E-state index in [4.69, 9.17) is 46.4 Å². The zero-order valence-corrected chi connectivity index (χ0v) is 23.0. The Hall–Kier alpha value is -1.97. The molecule has 2 aromatic carbocycles. The predicted molar refractivity (Wildman–Crippen MR) is 143 cm³/mol. The number of carbonyl (C=O) groups is 2. The Kier molecular flexibility index (Phi) is 9.72. The monoisotopic (exact) mass is 573 g/mol. The van der Waals surface area contributed by atoms with Crippen molar-refractivity contribution >= 4 is 75.7 Å². The van der Waals surface area contributed by atoms with Crippen LogP contribution >= 0.6 is 58.2 Å². The van der Waals surface area contributed by atoms with Crippen LogP contribution in [0.3, 0.4) is 0 Å². The number of thioether (sulfide) groups is 1. The summed E-state index contributed by atoms with van der Waals surface area (Å²) >= 11 is 25.4. The molecular formula is C23H23Cl4N5O2S. The van der Waals surface area contributed by atoms with Gasteiger partial charge in [0.1, 0.15) is 0 Å². The number of amides is 2. The highest BCUT2D eigenvalue weighted by molar-refractivity contribution is 7.99. The fourth-order valence-corrected chi connectivity index (χ4v) is 4.68. The van der Waals surface area contributed by atoms with Crippen molar-refractivity contribution in [1.29, 1.82) is 0 Å². The van der Waals surface area contributed by atoms with Gasteiger partial charge in [0.05, 0.1) is 32.5 Å². The second kappa shape index (κ2) is 12.3. The number of carbonyl (C=O) groups excluding carboxylic acids is 2. The average Bonchev–Trinajstić information content (AvgIpc) is 3.22. The first-order chi connectivity index (χ1) is 16.6. The number of nitrogens with zero attached hydrogens (tertiary/aromatic N) is 3. The molecule has 0 aliphatic carbocycles. The summed E-state index contributed by atoms with van der Waals surface area (Å²) in [6.45, 7) is 6.45. The van der Waals surface area contributed by atoms with Crippen LogP contribution in [0.2, 0.25) is 20.1 Å². The molecule has 0 radical (unpaired) electrons. The van der Waals surface area contributed by atoms with Crippen LogP contribution in [0.15, 0.2) is 41.6 Å². The summed E-state index contributed by atoms with van der Waals surface area (Å²) in [4.78, 5) is 25.4. The van der Waals surface area contributed by atoms with Crippen molar-refractivity contribution in [2.45, 2.75) is 38.5 Å². The molecule has 0 unspecified atom stereocenters. The average molecular weight is 575 g/mol. The number of benzene rings is 2. The van der Waals surface area contributed by atoms with Gasteiger partial charge in [0, 0.05) is 17.1 Å². The van der Waals surface area contributed by atoms with Gasteiger partial charge in [-0.05, 0) is 49.2 Å². The third-order valence-corrected chi connectivity index (χ3v) is 7.28. The van der Waals surface area contributed by atoms with Crippen molar-refractivity contribution in [3.8, 4) is 0 Å². The first-order valence-electron chi connectivity index (χ1n) is 10.7. The zero-order valence-electron chi connectivity index (χ0n) is 19.1. The van der Waals surface area contributed by atoms with Crippen LogP contribution in [0.4, 0.5) is 5.69 Å². The molecule has 0 saturated heterocycles. The van der Waals surface area contributed by atoms with Crippen LogP contribution in [-0.2, 0) is 11.3 Å². The van der Waals surface area contributed by atoms with Gasteiger partial charge in [0.25, 0.3) is 5.91 Å². The Labute approximate surface area is 227 Å². The van der Waals surface area contributed by atoms with E-state index < -0.39 is 6.04 Å². The van der Waals surface area contributed by atoms with Crippen molar-refractivity contribution in [2.75, 3.05) is 11.1 Å². The Morgan fingerprint density at radius 3 is 2.37 bits per heavy atom. The summed E-state index contributed by atoms with van der Waals surface area (Å²) in [5, 5.41) is 16.5. The smallest absolute Gasteiger partial charge is 0.251 e.